The lowest BCUT2D eigenvalue weighted by atomic mass is 10.1. The summed E-state index contributed by atoms with van der Waals surface area (Å²) < 4.78 is 26.2. The Hall–Kier alpha value is -4.35. The molecule has 0 unspecified atom stereocenters. The topological polar surface area (TPSA) is 134 Å². The molecule has 3 N–H and O–H groups in total. The molecule has 0 fully saturated rings. The van der Waals surface area contributed by atoms with Gasteiger partial charge in [-0.15, -0.1) is 11.3 Å². The zero-order valence-electron chi connectivity index (χ0n) is 19.4. The number of fused-ring (bicyclic) bond motifs is 2. The second-order valence-electron chi connectivity index (χ2n) is 8.14. The maximum atomic E-state index is 13.1. The van der Waals surface area contributed by atoms with Crippen LogP contribution in [0, 0.1) is 0 Å². The first-order valence-corrected chi connectivity index (χ1v) is 13.4. The van der Waals surface area contributed by atoms with Crippen molar-refractivity contribution in [2.24, 2.45) is 0 Å². The average molecular weight is 533 g/mol. The van der Waals surface area contributed by atoms with Crippen molar-refractivity contribution in [2.45, 2.75) is 16.3 Å². The first kappa shape index (κ1) is 24.3. The van der Waals surface area contributed by atoms with Crippen molar-refractivity contribution in [3.8, 4) is 10.6 Å². The van der Waals surface area contributed by atoms with Crippen molar-refractivity contribution in [2.75, 3.05) is 12.4 Å². The van der Waals surface area contributed by atoms with Crippen LogP contribution in [0.1, 0.15) is 36.0 Å². The zero-order valence-corrected chi connectivity index (χ0v) is 21.1. The van der Waals surface area contributed by atoms with Crippen LogP contribution in [0.5, 0.6) is 0 Å². The SMILES string of the molecule is CNC(=O)c1ccc(-c2ncc(CNC(=O)c3ccc4c(c3)NC(=O)c3ccccc3S4(=O)=O)s2)cc1. The molecular formula is C26H20N4O5S2. The maximum absolute atomic E-state index is 13.1. The second-order valence-corrected chi connectivity index (χ2v) is 11.1. The van der Waals surface area contributed by atoms with E-state index in [0.29, 0.717) is 5.56 Å². The molecular weight excluding hydrogens is 512 g/mol. The van der Waals surface area contributed by atoms with Crippen LogP contribution in [-0.4, -0.2) is 38.2 Å². The summed E-state index contributed by atoms with van der Waals surface area (Å²) in [6.07, 6.45) is 1.66. The fourth-order valence-corrected chi connectivity index (χ4v) is 6.35. The fraction of sp³-hybridized carbons (Fsp3) is 0.0769. The summed E-state index contributed by atoms with van der Waals surface area (Å²) in [7, 11) is -2.38. The number of thiazole rings is 1. The Kier molecular flexibility index (Phi) is 6.32. The Morgan fingerprint density at radius 3 is 2.43 bits per heavy atom. The quantitative estimate of drug-likeness (QED) is 0.360. The molecule has 186 valence electrons. The summed E-state index contributed by atoms with van der Waals surface area (Å²) in [5.41, 5.74) is 1.70. The number of hydrogen-bond donors (Lipinski definition) is 3. The lowest BCUT2D eigenvalue weighted by Gasteiger charge is -2.10. The van der Waals surface area contributed by atoms with Gasteiger partial charge in [0.15, 0.2) is 0 Å². The molecule has 1 aromatic heterocycles. The highest BCUT2D eigenvalue weighted by atomic mass is 32.2. The number of aromatic nitrogens is 1. The largest absolute Gasteiger partial charge is 0.355 e. The standard InChI is InChI=1S/C26H20N4O5S2/c1-27-23(31)15-6-8-16(9-7-15)26-29-14-18(36-26)13-28-24(32)17-10-11-22-20(12-17)30-25(33)19-4-2-3-5-21(19)37(22,34)35/h2-12,14H,13H2,1H3,(H,27,31)(H,28,32)(H,30,33). The Balaban J connectivity index is 1.31. The minimum Gasteiger partial charge on any atom is -0.355 e. The van der Waals surface area contributed by atoms with E-state index in [2.05, 4.69) is 20.9 Å². The van der Waals surface area contributed by atoms with Crippen LogP contribution < -0.4 is 16.0 Å². The molecule has 5 rings (SSSR count). The van der Waals surface area contributed by atoms with E-state index in [1.165, 1.54) is 41.7 Å². The number of rotatable bonds is 5. The maximum Gasteiger partial charge on any atom is 0.257 e. The van der Waals surface area contributed by atoms with Crippen LogP contribution in [-0.2, 0) is 16.4 Å². The van der Waals surface area contributed by atoms with E-state index in [9.17, 15) is 22.8 Å². The fourth-order valence-electron chi connectivity index (χ4n) is 3.90. The molecule has 3 amide bonds. The number of sulfone groups is 1. The molecule has 4 aromatic rings. The van der Waals surface area contributed by atoms with Gasteiger partial charge >= 0.3 is 0 Å². The summed E-state index contributed by atoms with van der Waals surface area (Å²) >= 11 is 1.40. The van der Waals surface area contributed by atoms with Crippen molar-refractivity contribution in [3.63, 3.8) is 0 Å². The van der Waals surface area contributed by atoms with E-state index in [1.807, 2.05) is 12.1 Å². The van der Waals surface area contributed by atoms with Crippen LogP contribution in [0.15, 0.2) is 82.7 Å². The van der Waals surface area contributed by atoms with Crippen LogP contribution in [0.25, 0.3) is 10.6 Å². The van der Waals surface area contributed by atoms with Gasteiger partial charge in [-0.1, -0.05) is 24.3 Å². The summed E-state index contributed by atoms with van der Waals surface area (Å²) in [5.74, 6) is -1.16. The van der Waals surface area contributed by atoms with E-state index in [4.69, 9.17) is 0 Å². The van der Waals surface area contributed by atoms with Crippen molar-refractivity contribution in [1.82, 2.24) is 15.6 Å². The molecule has 0 spiro atoms. The first-order valence-electron chi connectivity index (χ1n) is 11.1. The molecule has 0 atom stereocenters. The highest BCUT2D eigenvalue weighted by molar-refractivity contribution is 7.91. The first-order chi connectivity index (χ1) is 17.8. The van der Waals surface area contributed by atoms with Crippen LogP contribution >= 0.6 is 11.3 Å². The highest BCUT2D eigenvalue weighted by Gasteiger charge is 2.31. The average Bonchev–Trinajstić information content (AvgIpc) is 3.37. The van der Waals surface area contributed by atoms with E-state index in [0.717, 1.165) is 15.4 Å². The van der Waals surface area contributed by atoms with Gasteiger partial charge in [0, 0.05) is 34.8 Å². The minimum absolute atomic E-state index is 0.0500. The van der Waals surface area contributed by atoms with Crippen LogP contribution in [0.2, 0.25) is 0 Å². The monoisotopic (exact) mass is 532 g/mol. The molecule has 1 aliphatic rings. The van der Waals surface area contributed by atoms with Gasteiger partial charge < -0.3 is 16.0 Å². The lowest BCUT2D eigenvalue weighted by molar-refractivity contribution is 0.0946. The molecule has 9 nitrogen and oxygen atoms in total. The zero-order chi connectivity index (χ0) is 26.2. The Labute approximate surface area is 216 Å². The van der Waals surface area contributed by atoms with Crippen LogP contribution in [0.3, 0.4) is 0 Å². The number of carbonyl (C=O) groups is 3. The van der Waals surface area contributed by atoms with Crippen molar-refractivity contribution >= 4 is 44.6 Å². The number of hydrogen-bond acceptors (Lipinski definition) is 7. The number of benzene rings is 3. The van der Waals surface area contributed by atoms with E-state index >= 15 is 0 Å². The summed E-state index contributed by atoms with van der Waals surface area (Å²) in [4.78, 5) is 42.2. The van der Waals surface area contributed by atoms with Gasteiger partial charge in [-0.05, 0) is 42.5 Å². The molecule has 0 radical (unpaired) electrons. The number of carbonyl (C=O) groups excluding carboxylic acids is 3. The third-order valence-electron chi connectivity index (χ3n) is 5.80. The molecule has 0 saturated heterocycles. The Bertz CT molecular complexity index is 1660. The summed E-state index contributed by atoms with van der Waals surface area (Å²) in [6, 6.07) is 17.1. The van der Waals surface area contributed by atoms with E-state index in [-0.39, 0.29) is 39.1 Å². The molecule has 1 aliphatic heterocycles. The van der Waals surface area contributed by atoms with Crippen LogP contribution in [0.4, 0.5) is 5.69 Å². The smallest absolute Gasteiger partial charge is 0.257 e. The number of amides is 3. The van der Waals surface area contributed by atoms with E-state index < -0.39 is 21.7 Å². The number of nitrogens with one attached hydrogen (secondary N) is 3. The van der Waals surface area contributed by atoms with Gasteiger partial charge in [-0.3, -0.25) is 14.4 Å². The van der Waals surface area contributed by atoms with Crippen molar-refractivity contribution in [1.29, 1.82) is 0 Å². The third kappa shape index (κ3) is 4.61. The molecule has 3 aromatic carbocycles. The number of nitrogens with zero attached hydrogens (tertiary/aromatic N) is 1. The predicted molar refractivity (Wildman–Crippen MR) is 138 cm³/mol. The highest BCUT2D eigenvalue weighted by Crippen LogP contribution is 2.34. The number of anilines is 1. The Morgan fingerprint density at radius 1 is 0.946 bits per heavy atom. The lowest BCUT2D eigenvalue weighted by Crippen LogP contribution is -2.22. The molecule has 0 aliphatic carbocycles. The molecule has 0 bridgehead atoms. The normalized spacial score (nSPS) is 13.5. The predicted octanol–water partition coefficient (Wildman–Crippen LogP) is 3.50. The molecule has 37 heavy (non-hydrogen) atoms. The van der Waals surface area contributed by atoms with Gasteiger partial charge in [-0.2, -0.15) is 0 Å². The summed E-state index contributed by atoms with van der Waals surface area (Å²) in [5, 5.41) is 8.72. The molecule has 11 heteroatoms. The van der Waals surface area contributed by atoms with Gasteiger partial charge in [0.1, 0.15) is 5.01 Å². The molecule has 2 heterocycles. The van der Waals surface area contributed by atoms with Gasteiger partial charge in [0.05, 0.1) is 27.6 Å². The van der Waals surface area contributed by atoms with Gasteiger partial charge in [0.25, 0.3) is 17.7 Å². The Morgan fingerprint density at radius 2 is 1.68 bits per heavy atom. The third-order valence-corrected chi connectivity index (χ3v) is 8.71. The molecule has 0 saturated carbocycles. The van der Waals surface area contributed by atoms with Gasteiger partial charge in [0.2, 0.25) is 9.84 Å². The van der Waals surface area contributed by atoms with Gasteiger partial charge in [-0.25, -0.2) is 13.4 Å². The van der Waals surface area contributed by atoms with Crippen molar-refractivity contribution < 1.29 is 22.8 Å². The van der Waals surface area contributed by atoms with Crippen molar-refractivity contribution in [3.05, 3.63) is 94.5 Å². The van der Waals surface area contributed by atoms with E-state index in [1.54, 1.807) is 37.5 Å². The second kappa shape index (κ2) is 9.60. The minimum atomic E-state index is -3.95. The summed E-state index contributed by atoms with van der Waals surface area (Å²) in [6.45, 7) is 0.208.